The normalized spacial score (nSPS) is 11.7. The summed E-state index contributed by atoms with van der Waals surface area (Å²) in [5.41, 5.74) is 7.03. The van der Waals surface area contributed by atoms with E-state index in [0.29, 0.717) is 13.2 Å². The van der Waals surface area contributed by atoms with Crippen molar-refractivity contribution >= 4 is 18.3 Å². The molecule has 0 radical (unpaired) electrons. The minimum atomic E-state index is -0.440. The molecule has 1 atom stereocenters. The molecule has 0 aliphatic heterocycles. The number of nitrogens with two attached hydrogens (primary N) is 1. The van der Waals surface area contributed by atoms with Crippen LogP contribution in [0, 0.1) is 12.8 Å². The van der Waals surface area contributed by atoms with Gasteiger partial charge in [-0.1, -0.05) is 31.5 Å². The van der Waals surface area contributed by atoms with Gasteiger partial charge in [-0.05, 0) is 25.0 Å². The maximum atomic E-state index is 11.9. The van der Waals surface area contributed by atoms with Gasteiger partial charge in [0, 0.05) is 7.05 Å². The molecule has 0 aliphatic carbocycles. The summed E-state index contributed by atoms with van der Waals surface area (Å²) in [7, 11) is 1.75. The summed E-state index contributed by atoms with van der Waals surface area (Å²) < 4.78 is 5.59. The summed E-state index contributed by atoms with van der Waals surface area (Å²) in [5, 5.41) is 0. The summed E-state index contributed by atoms with van der Waals surface area (Å²) in [4.78, 5) is 13.5. The van der Waals surface area contributed by atoms with Crippen molar-refractivity contribution in [1.82, 2.24) is 4.90 Å². The number of ether oxygens (including phenoxy) is 1. The Morgan fingerprint density at radius 2 is 1.85 bits per heavy atom. The Morgan fingerprint density at radius 1 is 1.30 bits per heavy atom. The molecular formula is C15H25ClN2O2. The third kappa shape index (κ3) is 5.80. The van der Waals surface area contributed by atoms with Gasteiger partial charge in [0.1, 0.15) is 12.4 Å². The van der Waals surface area contributed by atoms with Crippen molar-refractivity contribution in [1.29, 1.82) is 0 Å². The third-order valence-corrected chi connectivity index (χ3v) is 3.10. The zero-order chi connectivity index (χ0) is 14.4. The number of halogens is 1. The zero-order valence-corrected chi connectivity index (χ0v) is 13.4. The highest BCUT2D eigenvalue weighted by Gasteiger charge is 2.20. The van der Waals surface area contributed by atoms with Crippen LogP contribution in [-0.2, 0) is 4.79 Å². The number of amides is 1. The predicted molar refractivity (Wildman–Crippen MR) is 84.4 cm³/mol. The molecule has 0 bridgehead atoms. The lowest BCUT2D eigenvalue weighted by atomic mass is 10.0. The van der Waals surface area contributed by atoms with E-state index in [9.17, 15) is 4.79 Å². The van der Waals surface area contributed by atoms with Crippen molar-refractivity contribution in [3.05, 3.63) is 29.8 Å². The van der Waals surface area contributed by atoms with E-state index >= 15 is 0 Å². The lowest BCUT2D eigenvalue weighted by Gasteiger charge is -2.23. The summed E-state index contributed by atoms with van der Waals surface area (Å²) in [6, 6.07) is 7.41. The second-order valence-corrected chi connectivity index (χ2v) is 5.19. The number of likely N-dealkylation sites (N-methyl/N-ethyl adjacent to an activating group) is 1. The quantitative estimate of drug-likeness (QED) is 0.876. The fourth-order valence-corrected chi connectivity index (χ4v) is 1.58. The Hall–Kier alpha value is -1.26. The van der Waals surface area contributed by atoms with E-state index in [1.807, 2.05) is 45.0 Å². The second-order valence-electron chi connectivity index (χ2n) is 5.19. The molecule has 2 N–H and O–H groups in total. The Kier molecular flexibility index (Phi) is 8.26. The number of benzene rings is 1. The molecule has 0 saturated carbocycles. The number of aryl methyl sites for hydroxylation is 1. The van der Waals surface area contributed by atoms with Crippen LogP contribution < -0.4 is 10.5 Å². The molecular weight excluding hydrogens is 276 g/mol. The number of hydrogen-bond acceptors (Lipinski definition) is 3. The highest BCUT2D eigenvalue weighted by molar-refractivity contribution is 5.85. The Bertz CT molecular complexity index is 407. The van der Waals surface area contributed by atoms with Crippen molar-refractivity contribution in [2.45, 2.75) is 26.8 Å². The van der Waals surface area contributed by atoms with Gasteiger partial charge in [0.25, 0.3) is 0 Å². The van der Waals surface area contributed by atoms with Crippen LogP contribution in [-0.4, -0.2) is 37.0 Å². The molecule has 1 amide bonds. The van der Waals surface area contributed by atoms with Crippen LogP contribution in [0.15, 0.2) is 24.3 Å². The first kappa shape index (κ1) is 18.7. The van der Waals surface area contributed by atoms with Crippen LogP contribution in [0.4, 0.5) is 0 Å². The first-order chi connectivity index (χ1) is 8.91. The number of rotatable bonds is 6. The van der Waals surface area contributed by atoms with Crippen LogP contribution in [0.5, 0.6) is 5.75 Å². The van der Waals surface area contributed by atoms with E-state index in [4.69, 9.17) is 10.5 Å². The molecule has 0 fully saturated rings. The first-order valence-electron chi connectivity index (χ1n) is 6.62. The van der Waals surface area contributed by atoms with E-state index in [-0.39, 0.29) is 24.2 Å². The van der Waals surface area contributed by atoms with Gasteiger partial charge in [-0.2, -0.15) is 0 Å². The summed E-state index contributed by atoms with van der Waals surface area (Å²) >= 11 is 0. The molecule has 1 aromatic rings. The van der Waals surface area contributed by atoms with Crippen LogP contribution in [0.25, 0.3) is 0 Å². The smallest absolute Gasteiger partial charge is 0.239 e. The van der Waals surface area contributed by atoms with E-state index < -0.39 is 6.04 Å². The Labute approximate surface area is 127 Å². The van der Waals surface area contributed by atoms with E-state index in [1.54, 1.807) is 11.9 Å². The van der Waals surface area contributed by atoms with Crippen molar-refractivity contribution < 1.29 is 9.53 Å². The lowest BCUT2D eigenvalue weighted by Crippen LogP contribution is -2.46. The zero-order valence-electron chi connectivity index (χ0n) is 12.6. The average Bonchev–Trinajstić information content (AvgIpc) is 2.39. The van der Waals surface area contributed by atoms with E-state index in [2.05, 4.69) is 0 Å². The highest BCUT2D eigenvalue weighted by atomic mass is 35.5. The van der Waals surface area contributed by atoms with Crippen LogP contribution >= 0.6 is 12.4 Å². The Balaban J connectivity index is 0.00000361. The SMILES string of the molecule is Cc1ccc(OCCN(C)C(=O)C(N)C(C)C)cc1.Cl. The van der Waals surface area contributed by atoms with E-state index in [0.717, 1.165) is 5.75 Å². The van der Waals surface area contributed by atoms with Gasteiger partial charge in [-0.15, -0.1) is 12.4 Å². The Morgan fingerprint density at radius 3 is 2.35 bits per heavy atom. The molecule has 0 aromatic heterocycles. The van der Waals surface area contributed by atoms with Gasteiger partial charge in [-0.3, -0.25) is 4.79 Å². The number of carbonyl (C=O) groups is 1. The number of hydrogen-bond donors (Lipinski definition) is 1. The molecule has 5 heteroatoms. The third-order valence-electron chi connectivity index (χ3n) is 3.10. The number of nitrogens with zero attached hydrogens (tertiary/aromatic N) is 1. The predicted octanol–water partition coefficient (Wildman–Crippen LogP) is 2.24. The summed E-state index contributed by atoms with van der Waals surface area (Å²) in [6.07, 6.45) is 0. The highest BCUT2D eigenvalue weighted by Crippen LogP contribution is 2.11. The van der Waals surface area contributed by atoms with Gasteiger partial charge in [0.05, 0.1) is 12.6 Å². The molecule has 0 heterocycles. The number of carbonyl (C=O) groups excluding carboxylic acids is 1. The minimum Gasteiger partial charge on any atom is -0.492 e. The van der Waals surface area contributed by atoms with Crippen molar-refractivity contribution in [2.24, 2.45) is 11.7 Å². The fraction of sp³-hybridized carbons (Fsp3) is 0.533. The lowest BCUT2D eigenvalue weighted by molar-refractivity contribution is -0.132. The summed E-state index contributed by atoms with van der Waals surface area (Å²) in [5.74, 6) is 0.926. The molecule has 0 saturated heterocycles. The molecule has 4 nitrogen and oxygen atoms in total. The molecule has 20 heavy (non-hydrogen) atoms. The fourth-order valence-electron chi connectivity index (χ4n) is 1.58. The van der Waals surface area contributed by atoms with Gasteiger partial charge >= 0.3 is 0 Å². The summed E-state index contributed by atoms with van der Waals surface area (Å²) in [6.45, 7) is 6.92. The minimum absolute atomic E-state index is 0. The van der Waals surface area contributed by atoms with Crippen molar-refractivity contribution in [3.63, 3.8) is 0 Å². The largest absolute Gasteiger partial charge is 0.492 e. The second kappa shape index (κ2) is 8.82. The van der Waals surface area contributed by atoms with Gasteiger partial charge in [0.2, 0.25) is 5.91 Å². The van der Waals surface area contributed by atoms with Crippen LogP contribution in [0.2, 0.25) is 0 Å². The topological polar surface area (TPSA) is 55.6 Å². The molecule has 114 valence electrons. The molecule has 1 rings (SSSR count). The van der Waals surface area contributed by atoms with Gasteiger partial charge in [-0.25, -0.2) is 0 Å². The standard InChI is InChI=1S/C15H24N2O2.ClH/c1-11(2)14(16)15(18)17(4)9-10-19-13-7-5-12(3)6-8-13;/h5-8,11,14H,9-10,16H2,1-4H3;1H. The maximum absolute atomic E-state index is 11.9. The van der Waals surface area contributed by atoms with Crippen LogP contribution in [0.3, 0.4) is 0 Å². The monoisotopic (exact) mass is 300 g/mol. The van der Waals surface area contributed by atoms with Gasteiger partial charge < -0.3 is 15.4 Å². The van der Waals surface area contributed by atoms with Gasteiger partial charge in [0.15, 0.2) is 0 Å². The van der Waals surface area contributed by atoms with Crippen molar-refractivity contribution in [2.75, 3.05) is 20.2 Å². The van der Waals surface area contributed by atoms with Crippen molar-refractivity contribution in [3.8, 4) is 5.75 Å². The molecule has 1 unspecified atom stereocenters. The molecule has 0 spiro atoms. The molecule has 1 aromatic carbocycles. The first-order valence-corrected chi connectivity index (χ1v) is 6.62. The molecule has 0 aliphatic rings. The maximum Gasteiger partial charge on any atom is 0.239 e. The van der Waals surface area contributed by atoms with Crippen LogP contribution in [0.1, 0.15) is 19.4 Å². The van der Waals surface area contributed by atoms with E-state index in [1.165, 1.54) is 5.56 Å². The average molecular weight is 301 g/mol.